The highest BCUT2D eigenvalue weighted by Gasteiger charge is 2.38. The van der Waals surface area contributed by atoms with Crippen LogP contribution in [-0.4, -0.2) is 42.3 Å². The standard InChI is InChI=1S/C21H32N4O/c1-3-26-18-6-10-21(2,11-7-18)25-12-8-17(9-13-25)24-20-14-16(15-22)4-5-19(20)23/h4-5,14,17-18,24H,3,6-13,23H2,1-2H3/t18-,21-. The molecule has 2 aliphatic rings. The number of benzene rings is 1. The number of nitrogens with one attached hydrogen (secondary N) is 1. The predicted octanol–water partition coefficient (Wildman–Crippen LogP) is 3.75. The maximum Gasteiger partial charge on any atom is 0.0992 e. The molecule has 0 amide bonds. The number of likely N-dealkylation sites (tertiary alicyclic amines) is 1. The number of anilines is 2. The molecule has 26 heavy (non-hydrogen) atoms. The monoisotopic (exact) mass is 356 g/mol. The number of nitrogens with two attached hydrogens (primary N) is 1. The van der Waals surface area contributed by atoms with Crippen molar-refractivity contribution in [1.29, 1.82) is 5.26 Å². The van der Waals surface area contributed by atoms with Gasteiger partial charge in [-0.05, 0) is 70.6 Å². The summed E-state index contributed by atoms with van der Waals surface area (Å²) in [6.45, 7) is 7.58. The number of nitriles is 1. The molecule has 0 atom stereocenters. The van der Waals surface area contributed by atoms with E-state index in [0.29, 0.717) is 28.9 Å². The summed E-state index contributed by atoms with van der Waals surface area (Å²) >= 11 is 0. The highest BCUT2D eigenvalue weighted by Crippen LogP contribution is 2.36. The van der Waals surface area contributed by atoms with E-state index < -0.39 is 0 Å². The van der Waals surface area contributed by atoms with Gasteiger partial charge in [0.15, 0.2) is 0 Å². The molecule has 3 N–H and O–H groups in total. The Morgan fingerprint density at radius 2 is 1.96 bits per heavy atom. The van der Waals surface area contributed by atoms with Crippen LogP contribution in [0.15, 0.2) is 18.2 Å². The molecule has 142 valence electrons. The van der Waals surface area contributed by atoms with E-state index in [1.165, 1.54) is 25.7 Å². The van der Waals surface area contributed by atoms with Crippen LogP contribution < -0.4 is 11.1 Å². The number of nitrogen functional groups attached to an aromatic ring is 1. The van der Waals surface area contributed by atoms with E-state index in [2.05, 4.69) is 30.1 Å². The fraction of sp³-hybridized carbons (Fsp3) is 0.667. The Balaban J connectivity index is 1.52. The molecule has 2 fully saturated rings. The fourth-order valence-corrected chi connectivity index (χ4v) is 4.47. The largest absolute Gasteiger partial charge is 0.397 e. The van der Waals surface area contributed by atoms with Crippen molar-refractivity contribution in [1.82, 2.24) is 4.90 Å². The third-order valence-electron chi connectivity index (χ3n) is 6.21. The van der Waals surface area contributed by atoms with E-state index in [-0.39, 0.29) is 0 Å². The number of nitrogens with zero attached hydrogens (tertiary/aromatic N) is 2. The molecule has 1 heterocycles. The summed E-state index contributed by atoms with van der Waals surface area (Å²) in [5.41, 5.74) is 8.65. The van der Waals surface area contributed by atoms with Crippen molar-refractivity contribution in [3.63, 3.8) is 0 Å². The molecule has 1 aromatic rings. The number of rotatable bonds is 5. The maximum atomic E-state index is 9.08. The van der Waals surface area contributed by atoms with Gasteiger partial charge in [0, 0.05) is 31.3 Å². The lowest BCUT2D eigenvalue weighted by Gasteiger charge is -2.48. The Hall–Kier alpha value is -1.77. The molecule has 0 unspecified atom stereocenters. The molecule has 0 bridgehead atoms. The molecule has 5 heteroatoms. The minimum atomic E-state index is 0.318. The van der Waals surface area contributed by atoms with Gasteiger partial charge < -0.3 is 15.8 Å². The normalized spacial score (nSPS) is 27.8. The first-order chi connectivity index (χ1) is 12.5. The molecule has 0 aromatic heterocycles. The van der Waals surface area contributed by atoms with E-state index >= 15 is 0 Å². The van der Waals surface area contributed by atoms with Crippen LogP contribution in [0.3, 0.4) is 0 Å². The second kappa shape index (κ2) is 8.28. The summed E-state index contributed by atoms with van der Waals surface area (Å²) < 4.78 is 5.81. The molecule has 1 aromatic carbocycles. The van der Waals surface area contributed by atoms with Crippen molar-refractivity contribution in [2.24, 2.45) is 0 Å². The third-order valence-corrected chi connectivity index (χ3v) is 6.21. The summed E-state index contributed by atoms with van der Waals surface area (Å²) in [4.78, 5) is 2.68. The topological polar surface area (TPSA) is 74.3 Å². The van der Waals surface area contributed by atoms with Crippen LogP contribution in [-0.2, 0) is 4.74 Å². The molecule has 0 spiro atoms. The summed E-state index contributed by atoms with van der Waals surface area (Å²) in [6.07, 6.45) is 7.50. The molecular formula is C21H32N4O. The number of ether oxygens (including phenoxy) is 1. The molecule has 5 nitrogen and oxygen atoms in total. The molecule has 1 aliphatic carbocycles. The fourth-order valence-electron chi connectivity index (χ4n) is 4.47. The Morgan fingerprint density at radius 3 is 2.58 bits per heavy atom. The van der Waals surface area contributed by atoms with Gasteiger partial charge in [-0.15, -0.1) is 0 Å². The Morgan fingerprint density at radius 1 is 1.27 bits per heavy atom. The summed E-state index contributed by atoms with van der Waals surface area (Å²) in [5.74, 6) is 0. The minimum absolute atomic E-state index is 0.318. The first-order valence-electron chi connectivity index (χ1n) is 9.97. The zero-order valence-corrected chi connectivity index (χ0v) is 16.1. The zero-order valence-electron chi connectivity index (χ0n) is 16.1. The van der Waals surface area contributed by atoms with Crippen LogP contribution >= 0.6 is 0 Å². The summed E-state index contributed by atoms with van der Waals surface area (Å²) in [7, 11) is 0. The molecule has 1 saturated carbocycles. The van der Waals surface area contributed by atoms with Crippen molar-refractivity contribution in [2.45, 2.75) is 70.1 Å². The van der Waals surface area contributed by atoms with Crippen molar-refractivity contribution >= 4 is 11.4 Å². The van der Waals surface area contributed by atoms with Gasteiger partial charge in [-0.25, -0.2) is 0 Å². The van der Waals surface area contributed by atoms with E-state index in [9.17, 15) is 0 Å². The van der Waals surface area contributed by atoms with Crippen molar-refractivity contribution in [2.75, 3.05) is 30.7 Å². The van der Waals surface area contributed by atoms with Crippen molar-refractivity contribution < 1.29 is 4.74 Å². The summed E-state index contributed by atoms with van der Waals surface area (Å²) in [5, 5.41) is 12.6. The van der Waals surface area contributed by atoms with Crippen LogP contribution in [0.5, 0.6) is 0 Å². The van der Waals surface area contributed by atoms with E-state index in [1.807, 2.05) is 12.1 Å². The Labute approximate surface area is 157 Å². The first kappa shape index (κ1) is 19.0. The van der Waals surface area contributed by atoms with Gasteiger partial charge in [0.1, 0.15) is 0 Å². The van der Waals surface area contributed by atoms with Crippen LogP contribution in [0.2, 0.25) is 0 Å². The van der Waals surface area contributed by atoms with Crippen molar-refractivity contribution in [3.8, 4) is 6.07 Å². The second-order valence-corrected chi connectivity index (χ2v) is 7.97. The van der Waals surface area contributed by atoms with Crippen LogP contribution in [0.25, 0.3) is 0 Å². The van der Waals surface area contributed by atoms with Gasteiger partial charge in [-0.3, -0.25) is 4.90 Å². The highest BCUT2D eigenvalue weighted by atomic mass is 16.5. The lowest BCUT2D eigenvalue weighted by molar-refractivity contribution is -0.0242. The number of hydrogen-bond acceptors (Lipinski definition) is 5. The molecule has 1 saturated heterocycles. The average Bonchev–Trinajstić information content (AvgIpc) is 2.66. The maximum absolute atomic E-state index is 9.08. The summed E-state index contributed by atoms with van der Waals surface area (Å²) in [6, 6.07) is 8.05. The zero-order chi connectivity index (χ0) is 18.6. The number of hydrogen-bond donors (Lipinski definition) is 2. The Bertz CT molecular complexity index is 638. The Kier molecular flexibility index (Phi) is 6.05. The lowest BCUT2D eigenvalue weighted by atomic mass is 9.79. The van der Waals surface area contributed by atoms with Crippen LogP contribution in [0.4, 0.5) is 11.4 Å². The van der Waals surface area contributed by atoms with E-state index in [4.69, 9.17) is 15.7 Å². The van der Waals surface area contributed by atoms with Crippen LogP contribution in [0, 0.1) is 11.3 Å². The number of piperidine rings is 1. The van der Waals surface area contributed by atoms with E-state index in [0.717, 1.165) is 38.2 Å². The van der Waals surface area contributed by atoms with Gasteiger partial charge in [-0.1, -0.05) is 0 Å². The van der Waals surface area contributed by atoms with Gasteiger partial charge in [0.05, 0.1) is 29.1 Å². The molecule has 0 radical (unpaired) electrons. The van der Waals surface area contributed by atoms with Gasteiger partial charge in [0.2, 0.25) is 0 Å². The lowest BCUT2D eigenvalue weighted by Crippen LogP contribution is -2.53. The second-order valence-electron chi connectivity index (χ2n) is 7.97. The minimum Gasteiger partial charge on any atom is -0.397 e. The molecular weight excluding hydrogens is 324 g/mol. The average molecular weight is 357 g/mol. The molecule has 3 rings (SSSR count). The van der Waals surface area contributed by atoms with Gasteiger partial charge >= 0.3 is 0 Å². The predicted molar refractivity (Wildman–Crippen MR) is 106 cm³/mol. The first-order valence-corrected chi connectivity index (χ1v) is 9.97. The third kappa shape index (κ3) is 4.31. The SMILES string of the molecule is CCO[C@H]1CC[C@](C)(N2CCC(Nc3cc(C#N)ccc3N)CC2)CC1. The van der Waals surface area contributed by atoms with Crippen LogP contribution in [0.1, 0.15) is 57.9 Å². The quantitative estimate of drug-likeness (QED) is 0.786. The van der Waals surface area contributed by atoms with Gasteiger partial charge in [0.25, 0.3) is 0 Å². The van der Waals surface area contributed by atoms with Crippen molar-refractivity contribution in [3.05, 3.63) is 23.8 Å². The smallest absolute Gasteiger partial charge is 0.0992 e. The highest BCUT2D eigenvalue weighted by molar-refractivity contribution is 5.68. The molecule has 1 aliphatic heterocycles. The van der Waals surface area contributed by atoms with E-state index in [1.54, 1.807) is 6.07 Å². The van der Waals surface area contributed by atoms with Gasteiger partial charge in [-0.2, -0.15) is 5.26 Å².